The molecule has 0 heterocycles. The standard InChI is InChI=1S/C12H22N2O3/c1-9(2)13-8-5-10(15)14-12(11(16)17)6-3-4-7-12/h9,13H,3-8H2,1-2H3,(H,14,15)(H,16,17). The molecule has 0 radical (unpaired) electrons. The molecule has 1 fully saturated rings. The molecular formula is C12H22N2O3. The molecule has 0 aromatic rings. The summed E-state index contributed by atoms with van der Waals surface area (Å²) in [6, 6.07) is 0.336. The first-order valence-corrected chi connectivity index (χ1v) is 6.24. The molecule has 1 aliphatic carbocycles. The number of nitrogens with one attached hydrogen (secondary N) is 2. The van der Waals surface area contributed by atoms with Crippen molar-refractivity contribution in [2.24, 2.45) is 0 Å². The van der Waals surface area contributed by atoms with Crippen LogP contribution in [0.3, 0.4) is 0 Å². The van der Waals surface area contributed by atoms with Crippen LogP contribution in [0.15, 0.2) is 0 Å². The lowest BCUT2D eigenvalue weighted by atomic mass is 9.97. The highest BCUT2D eigenvalue weighted by Crippen LogP contribution is 2.29. The third kappa shape index (κ3) is 4.00. The van der Waals surface area contributed by atoms with Gasteiger partial charge in [0.15, 0.2) is 0 Å². The van der Waals surface area contributed by atoms with E-state index in [1.807, 2.05) is 13.8 Å². The molecule has 1 rings (SSSR count). The van der Waals surface area contributed by atoms with Crippen molar-refractivity contribution in [1.29, 1.82) is 0 Å². The maximum absolute atomic E-state index is 11.7. The second-order valence-corrected chi connectivity index (χ2v) is 5.00. The molecule has 0 aromatic carbocycles. The average Bonchev–Trinajstić information content (AvgIpc) is 2.66. The molecule has 0 atom stereocenters. The van der Waals surface area contributed by atoms with Crippen molar-refractivity contribution in [3.63, 3.8) is 0 Å². The highest BCUT2D eigenvalue weighted by molar-refractivity contribution is 5.87. The van der Waals surface area contributed by atoms with Crippen molar-refractivity contribution in [2.75, 3.05) is 6.54 Å². The van der Waals surface area contributed by atoms with Crippen molar-refractivity contribution in [3.8, 4) is 0 Å². The molecule has 5 nitrogen and oxygen atoms in total. The summed E-state index contributed by atoms with van der Waals surface area (Å²) in [5, 5.41) is 15.0. The minimum atomic E-state index is -1.01. The molecule has 98 valence electrons. The van der Waals surface area contributed by atoms with Crippen molar-refractivity contribution in [1.82, 2.24) is 10.6 Å². The Balaban J connectivity index is 2.40. The number of carboxylic acid groups (broad SMARTS) is 1. The Bertz CT molecular complexity index is 283. The van der Waals surface area contributed by atoms with Gasteiger partial charge in [0.1, 0.15) is 5.54 Å². The van der Waals surface area contributed by atoms with Gasteiger partial charge < -0.3 is 15.7 Å². The van der Waals surface area contributed by atoms with Crippen molar-refractivity contribution >= 4 is 11.9 Å². The van der Waals surface area contributed by atoms with E-state index in [2.05, 4.69) is 10.6 Å². The number of rotatable bonds is 6. The lowest BCUT2D eigenvalue weighted by molar-refractivity contribution is -0.147. The Labute approximate surface area is 102 Å². The van der Waals surface area contributed by atoms with Gasteiger partial charge in [-0.1, -0.05) is 26.7 Å². The highest BCUT2D eigenvalue weighted by atomic mass is 16.4. The van der Waals surface area contributed by atoms with Gasteiger partial charge in [0.05, 0.1) is 0 Å². The number of amides is 1. The summed E-state index contributed by atoms with van der Waals surface area (Å²) >= 11 is 0. The lowest BCUT2D eigenvalue weighted by Gasteiger charge is -2.25. The van der Waals surface area contributed by atoms with Gasteiger partial charge in [-0.05, 0) is 12.8 Å². The number of hydrogen-bond acceptors (Lipinski definition) is 3. The van der Waals surface area contributed by atoms with E-state index in [1.165, 1.54) is 0 Å². The molecule has 1 amide bonds. The van der Waals surface area contributed by atoms with Crippen molar-refractivity contribution < 1.29 is 14.7 Å². The van der Waals surface area contributed by atoms with Gasteiger partial charge in [-0.25, -0.2) is 4.79 Å². The Kier molecular flexibility index (Phi) is 4.93. The Morgan fingerprint density at radius 1 is 1.29 bits per heavy atom. The molecule has 17 heavy (non-hydrogen) atoms. The summed E-state index contributed by atoms with van der Waals surface area (Å²) in [6.07, 6.45) is 3.16. The highest BCUT2D eigenvalue weighted by Gasteiger charge is 2.42. The van der Waals surface area contributed by atoms with E-state index in [4.69, 9.17) is 0 Å². The van der Waals surface area contributed by atoms with E-state index in [0.717, 1.165) is 12.8 Å². The quantitative estimate of drug-likeness (QED) is 0.646. The van der Waals surface area contributed by atoms with Crippen LogP contribution in [0.25, 0.3) is 0 Å². The van der Waals surface area contributed by atoms with E-state index in [-0.39, 0.29) is 5.91 Å². The number of aliphatic carboxylic acids is 1. The summed E-state index contributed by atoms with van der Waals surface area (Å²) in [4.78, 5) is 22.9. The van der Waals surface area contributed by atoms with E-state index < -0.39 is 11.5 Å². The zero-order valence-electron chi connectivity index (χ0n) is 10.6. The van der Waals surface area contributed by atoms with E-state index in [0.29, 0.717) is 31.8 Å². The topological polar surface area (TPSA) is 78.4 Å². The second-order valence-electron chi connectivity index (χ2n) is 5.00. The fourth-order valence-electron chi connectivity index (χ4n) is 2.17. The molecule has 3 N–H and O–H groups in total. The van der Waals surface area contributed by atoms with Gasteiger partial charge >= 0.3 is 5.97 Å². The molecule has 0 unspecified atom stereocenters. The molecular weight excluding hydrogens is 220 g/mol. The maximum Gasteiger partial charge on any atom is 0.329 e. The smallest absolute Gasteiger partial charge is 0.329 e. The first-order valence-electron chi connectivity index (χ1n) is 6.24. The average molecular weight is 242 g/mol. The van der Waals surface area contributed by atoms with Crippen molar-refractivity contribution in [2.45, 2.75) is 57.5 Å². The molecule has 5 heteroatoms. The van der Waals surface area contributed by atoms with Gasteiger partial charge in [0.2, 0.25) is 5.91 Å². The van der Waals surface area contributed by atoms with E-state index in [9.17, 15) is 14.7 Å². The second kappa shape index (κ2) is 6.00. The molecule has 1 saturated carbocycles. The Morgan fingerprint density at radius 2 is 1.88 bits per heavy atom. The molecule has 0 spiro atoms. The van der Waals surface area contributed by atoms with Crippen LogP contribution in [0.2, 0.25) is 0 Å². The summed E-state index contributed by atoms with van der Waals surface area (Å²) in [5.74, 6) is -1.08. The maximum atomic E-state index is 11.7. The van der Waals surface area contributed by atoms with Crippen LogP contribution < -0.4 is 10.6 Å². The minimum absolute atomic E-state index is 0.178. The predicted octanol–water partition coefficient (Wildman–Crippen LogP) is 0.888. The third-order valence-electron chi connectivity index (χ3n) is 3.15. The predicted molar refractivity (Wildman–Crippen MR) is 64.7 cm³/mol. The zero-order chi connectivity index (χ0) is 12.9. The summed E-state index contributed by atoms with van der Waals surface area (Å²) in [7, 11) is 0. The van der Waals surface area contributed by atoms with Crippen LogP contribution in [-0.4, -0.2) is 35.1 Å². The van der Waals surface area contributed by atoms with Crippen LogP contribution in [0, 0.1) is 0 Å². The summed E-state index contributed by atoms with van der Waals surface area (Å²) < 4.78 is 0. The van der Waals surface area contributed by atoms with Gasteiger partial charge in [-0.3, -0.25) is 4.79 Å². The summed E-state index contributed by atoms with van der Waals surface area (Å²) in [6.45, 7) is 4.60. The van der Waals surface area contributed by atoms with Crippen molar-refractivity contribution in [3.05, 3.63) is 0 Å². The van der Waals surface area contributed by atoms with Gasteiger partial charge in [-0.2, -0.15) is 0 Å². The number of hydrogen-bond donors (Lipinski definition) is 3. The fourth-order valence-corrected chi connectivity index (χ4v) is 2.17. The largest absolute Gasteiger partial charge is 0.480 e. The summed E-state index contributed by atoms with van der Waals surface area (Å²) in [5.41, 5.74) is -1.01. The van der Waals surface area contributed by atoms with E-state index >= 15 is 0 Å². The lowest BCUT2D eigenvalue weighted by Crippen LogP contribution is -2.52. The first-order chi connectivity index (χ1) is 7.96. The number of carbonyl (C=O) groups is 2. The Morgan fingerprint density at radius 3 is 2.35 bits per heavy atom. The molecule has 1 aliphatic rings. The zero-order valence-corrected chi connectivity index (χ0v) is 10.6. The molecule has 0 bridgehead atoms. The monoisotopic (exact) mass is 242 g/mol. The minimum Gasteiger partial charge on any atom is -0.480 e. The van der Waals surface area contributed by atoms with Crippen LogP contribution in [0.4, 0.5) is 0 Å². The first kappa shape index (κ1) is 14.0. The number of carboxylic acids is 1. The van der Waals surface area contributed by atoms with Gasteiger partial charge in [0.25, 0.3) is 0 Å². The molecule has 0 aliphatic heterocycles. The molecule has 0 aromatic heterocycles. The molecule has 0 saturated heterocycles. The normalized spacial score (nSPS) is 18.3. The van der Waals surface area contributed by atoms with Crippen LogP contribution in [-0.2, 0) is 9.59 Å². The SMILES string of the molecule is CC(C)NCCC(=O)NC1(C(=O)O)CCCC1. The third-order valence-corrected chi connectivity index (χ3v) is 3.15. The van der Waals surface area contributed by atoms with Gasteiger partial charge in [-0.15, -0.1) is 0 Å². The van der Waals surface area contributed by atoms with Crippen LogP contribution >= 0.6 is 0 Å². The van der Waals surface area contributed by atoms with Gasteiger partial charge in [0, 0.05) is 19.0 Å². The Hall–Kier alpha value is -1.10. The number of carbonyl (C=O) groups excluding carboxylic acids is 1. The van der Waals surface area contributed by atoms with Crippen LogP contribution in [0.5, 0.6) is 0 Å². The fraction of sp³-hybridized carbons (Fsp3) is 0.833. The van der Waals surface area contributed by atoms with Crippen LogP contribution in [0.1, 0.15) is 46.0 Å². The van der Waals surface area contributed by atoms with E-state index in [1.54, 1.807) is 0 Å².